The molecule has 1 amide bonds. The van der Waals surface area contributed by atoms with E-state index in [9.17, 15) is 14.9 Å². The third-order valence-electron chi connectivity index (χ3n) is 3.60. The Kier molecular flexibility index (Phi) is 4.07. The number of nitrogens with one attached hydrogen (secondary N) is 1. The van der Waals surface area contributed by atoms with E-state index in [1.54, 1.807) is 54.2 Å². The Hall–Kier alpha value is -3.48. The fraction of sp³-hybridized carbons (Fsp3) is 0.0588. The molecule has 0 spiro atoms. The van der Waals surface area contributed by atoms with E-state index in [2.05, 4.69) is 10.3 Å². The zero-order valence-corrected chi connectivity index (χ0v) is 12.8. The van der Waals surface area contributed by atoms with Gasteiger partial charge < -0.3 is 4.57 Å². The molecule has 1 heterocycles. The number of imidazole rings is 1. The number of carbonyl (C=O) groups is 1. The van der Waals surface area contributed by atoms with E-state index in [1.165, 1.54) is 12.1 Å². The molecule has 0 bridgehead atoms. The van der Waals surface area contributed by atoms with Crippen LogP contribution in [0.15, 0.2) is 60.8 Å². The number of rotatable bonds is 4. The first-order chi connectivity index (χ1) is 11.6. The van der Waals surface area contributed by atoms with Crippen LogP contribution in [0.3, 0.4) is 0 Å². The lowest BCUT2D eigenvalue weighted by molar-refractivity contribution is -0.384. The number of aromatic nitrogens is 2. The Bertz CT molecular complexity index is 903. The highest BCUT2D eigenvalue weighted by molar-refractivity contribution is 6.03. The average molecular weight is 322 g/mol. The fourth-order valence-corrected chi connectivity index (χ4v) is 2.34. The lowest BCUT2D eigenvalue weighted by Crippen LogP contribution is -2.15. The number of non-ortho nitro benzene ring substituents is 1. The molecule has 0 aliphatic carbocycles. The van der Waals surface area contributed by atoms with Crippen LogP contribution in [0.4, 0.5) is 11.6 Å². The lowest BCUT2D eigenvalue weighted by atomic mass is 10.1. The SMILES string of the molecule is Cn1c(-c2cccc([N+](=O)[O-])c2)cnc1NC(=O)c1ccccc1. The highest BCUT2D eigenvalue weighted by atomic mass is 16.6. The summed E-state index contributed by atoms with van der Waals surface area (Å²) in [4.78, 5) is 26.9. The molecule has 0 atom stereocenters. The molecule has 120 valence electrons. The number of nitro benzene ring substituents is 1. The molecule has 7 heteroatoms. The van der Waals surface area contributed by atoms with Crippen LogP contribution < -0.4 is 5.32 Å². The fourth-order valence-electron chi connectivity index (χ4n) is 2.34. The molecular formula is C17H14N4O3. The Morgan fingerprint density at radius 2 is 1.92 bits per heavy atom. The first kappa shape index (κ1) is 15.4. The predicted octanol–water partition coefficient (Wildman–Crippen LogP) is 3.25. The minimum Gasteiger partial charge on any atom is -0.313 e. The number of hydrogen-bond donors (Lipinski definition) is 1. The quantitative estimate of drug-likeness (QED) is 0.589. The molecule has 0 saturated carbocycles. The van der Waals surface area contributed by atoms with E-state index in [4.69, 9.17) is 0 Å². The van der Waals surface area contributed by atoms with Crippen LogP contribution >= 0.6 is 0 Å². The van der Waals surface area contributed by atoms with Gasteiger partial charge in [0.05, 0.1) is 16.8 Å². The van der Waals surface area contributed by atoms with Crippen LogP contribution in [0.2, 0.25) is 0 Å². The zero-order chi connectivity index (χ0) is 17.1. The Morgan fingerprint density at radius 1 is 1.17 bits per heavy atom. The maximum atomic E-state index is 12.2. The molecular weight excluding hydrogens is 308 g/mol. The second-order valence-electron chi connectivity index (χ2n) is 5.15. The van der Waals surface area contributed by atoms with Crippen molar-refractivity contribution in [2.75, 3.05) is 5.32 Å². The first-order valence-corrected chi connectivity index (χ1v) is 7.19. The highest BCUT2D eigenvalue weighted by Crippen LogP contribution is 2.25. The highest BCUT2D eigenvalue weighted by Gasteiger charge is 2.14. The smallest absolute Gasteiger partial charge is 0.270 e. The van der Waals surface area contributed by atoms with Crippen molar-refractivity contribution in [1.82, 2.24) is 9.55 Å². The summed E-state index contributed by atoms with van der Waals surface area (Å²) in [7, 11) is 1.74. The van der Waals surface area contributed by atoms with E-state index in [0.717, 1.165) is 0 Å². The number of benzene rings is 2. The normalized spacial score (nSPS) is 10.4. The summed E-state index contributed by atoms with van der Waals surface area (Å²) < 4.78 is 1.68. The van der Waals surface area contributed by atoms with Crippen molar-refractivity contribution in [3.8, 4) is 11.3 Å². The molecule has 0 unspecified atom stereocenters. The number of amides is 1. The third kappa shape index (κ3) is 3.00. The molecule has 0 fully saturated rings. The molecule has 3 rings (SSSR count). The maximum absolute atomic E-state index is 12.2. The van der Waals surface area contributed by atoms with Crippen molar-refractivity contribution in [1.29, 1.82) is 0 Å². The van der Waals surface area contributed by atoms with Gasteiger partial charge in [-0.1, -0.05) is 30.3 Å². The largest absolute Gasteiger partial charge is 0.313 e. The lowest BCUT2D eigenvalue weighted by Gasteiger charge is -2.07. The minimum atomic E-state index is -0.446. The standard InChI is InChI=1S/C17H14N4O3/c1-20-15(13-8-5-9-14(10-13)21(23)24)11-18-17(20)19-16(22)12-6-3-2-4-7-12/h2-11H,1H3,(H,18,19,22). The van der Waals surface area contributed by atoms with Crippen molar-refractivity contribution in [3.05, 3.63) is 76.5 Å². The molecule has 0 radical (unpaired) electrons. The number of hydrogen-bond acceptors (Lipinski definition) is 4. The van der Waals surface area contributed by atoms with E-state index in [-0.39, 0.29) is 11.6 Å². The van der Waals surface area contributed by atoms with Crippen LogP contribution in [0, 0.1) is 10.1 Å². The van der Waals surface area contributed by atoms with Gasteiger partial charge >= 0.3 is 0 Å². The van der Waals surface area contributed by atoms with Crippen molar-refractivity contribution in [2.45, 2.75) is 0 Å². The molecule has 1 aromatic heterocycles. The van der Waals surface area contributed by atoms with Crippen LogP contribution in [0.5, 0.6) is 0 Å². The number of nitro groups is 1. The molecule has 0 saturated heterocycles. The number of nitrogens with zero attached hydrogens (tertiary/aromatic N) is 3. The zero-order valence-electron chi connectivity index (χ0n) is 12.8. The summed E-state index contributed by atoms with van der Waals surface area (Å²) >= 11 is 0. The minimum absolute atomic E-state index is 0.00331. The van der Waals surface area contributed by atoms with Crippen molar-refractivity contribution < 1.29 is 9.72 Å². The summed E-state index contributed by atoms with van der Waals surface area (Å²) in [6.45, 7) is 0. The topological polar surface area (TPSA) is 90.1 Å². The van der Waals surface area contributed by atoms with Crippen LogP contribution in [0.1, 0.15) is 10.4 Å². The van der Waals surface area contributed by atoms with Crippen molar-refractivity contribution >= 4 is 17.5 Å². The molecule has 2 aromatic carbocycles. The van der Waals surface area contributed by atoms with Gasteiger partial charge in [0.1, 0.15) is 0 Å². The van der Waals surface area contributed by atoms with Crippen molar-refractivity contribution in [3.63, 3.8) is 0 Å². The predicted molar refractivity (Wildman–Crippen MR) is 89.7 cm³/mol. The molecule has 1 N–H and O–H groups in total. The first-order valence-electron chi connectivity index (χ1n) is 7.19. The monoisotopic (exact) mass is 322 g/mol. The van der Waals surface area contributed by atoms with E-state index < -0.39 is 4.92 Å². The van der Waals surface area contributed by atoms with Crippen LogP contribution in [-0.2, 0) is 7.05 Å². The molecule has 7 nitrogen and oxygen atoms in total. The summed E-state index contributed by atoms with van der Waals surface area (Å²) in [6, 6.07) is 15.1. The summed E-state index contributed by atoms with van der Waals surface area (Å²) in [6.07, 6.45) is 1.57. The summed E-state index contributed by atoms with van der Waals surface area (Å²) in [5.41, 5.74) is 1.85. The van der Waals surface area contributed by atoms with Crippen LogP contribution in [0.25, 0.3) is 11.3 Å². The van der Waals surface area contributed by atoms with Crippen LogP contribution in [-0.4, -0.2) is 20.4 Å². The third-order valence-corrected chi connectivity index (χ3v) is 3.60. The van der Waals surface area contributed by atoms with E-state index in [0.29, 0.717) is 22.8 Å². The van der Waals surface area contributed by atoms with Gasteiger partial charge in [-0.3, -0.25) is 20.2 Å². The van der Waals surface area contributed by atoms with Gasteiger partial charge in [-0.2, -0.15) is 0 Å². The van der Waals surface area contributed by atoms with E-state index in [1.807, 2.05) is 6.07 Å². The Balaban J connectivity index is 1.88. The maximum Gasteiger partial charge on any atom is 0.270 e. The van der Waals surface area contributed by atoms with Gasteiger partial charge in [0.2, 0.25) is 5.95 Å². The van der Waals surface area contributed by atoms with Crippen molar-refractivity contribution in [2.24, 2.45) is 7.05 Å². The van der Waals surface area contributed by atoms with E-state index >= 15 is 0 Å². The Morgan fingerprint density at radius 3 is 2.62 bits per heavy atom. The Labute approximate surface area is 137 Å². The second kappa shape index (κ2) is 6.33. The second-order valence-corrected chi connectivity index (χ2v) is 5.15. The molecule has 0 aliphatic heterocycles. The molecule has 24 heavy (non-hydrogen) atoms. The van der Waals surface area contributed by atoms with Gasteiger partial charge in [-0.05, 0) is 12.1 Å². The van der Waals surface area contributed by atoms with Gasteiger partial charge in [-0.15, -0.1) is 0 Å². The van der Waals surface area contributed by atoms with Gasteiger partial charge in [-0.25, -0.2) is 4.98 Å². The molecule has 3 aromatic rings. The average Bonchev–Trinajstić information content (AvgIpc) is 2.96. The number of anilines is 1. The number of carbonyl (C=O) groups excluding carboxylic acids is 1. The van der Waals surface area contributed by atoms with Gasteiger partial charge in [0, 0.05) is 30.3 Å². The molecule has 0 aliphatic rings. The van der Waals surface area contributed by atoms with Gasteiger partial charge in [0.15, 0.2) is 0 Å². The summed E-state index contributed by atoms with van der Waals surface area (Å²) in [5.74, 6) is 0.0975. The summed E-state index contributed by atoms with van der Waals surface area (Å²) in [5, 5.41) is 13.6. The van der Waals surface area contributed by atoms with Gasteiger partial charge in [0.25, 0.3) is 11.6 Å².